The Hall–Kier alpha value is -2.96. The predicted octanol–water partition coefficient (Wildman–Crippen LogP) is 4.08. The topological polar surface area (TPSA) is 77.7 Å². The molecular formula is C21H24FN5O. The summed E-state index contributed by atoms with van der Waals surface area (Å²) in [5, 5.41) is 7.61. The average Bonchev–Trinajstić information content (AvgIpc) is 3.38. The van der Waals surface area contributed by atoms with Gasteiger partial charge in [-0.2, -0.15) is 9.49 Å². The van der Waals surface area contributed by atoms with Gasteiger partial charge in [0, 0.05) is 37.1 Å². The van der Waals surface area contributed by atoms with Gasteiger partial charge >= 0.3 is 0 Å². The van der Waals surface area contributed by atoms with E-state index in [1.54, 1.807) is 0 Å². The van der Waals surface area contributed by atoms with Gasteiger partial charge in [0.1, 0.15) is 5.69 Å². The lowest BCUT2D eigenvalue weighted by Crippen LogP contribution is -2.39. The number of carbonyl (C=O) groups is 1. The summed E-state index contributed by atoms with van der Waals surface area (Å²) in [4.78, 5) is 21.4. The number of carbonyl (C=O) groups excluding carboxylic acids is 1. The van der Waals surface area contributed by atoms with Gasteiger partial charge in [0.15, 0.2) is 0 Å². The largest absolute Gasteiger partial charge is 0.360 e. The Bertz CT molecular complexity index is 959. The van der Waals surface area contributed by atoms with E-state index in [-0.39, 0.29) is 11.8 Å². The molecular weight excluding hydrogens is 357 g/mol. The second-order valence-corrected chi connectivity index (χ2v) is 7.67. The number of H-pyrrole nitrogens is 2. The Kier molecular flexibility index (Phi) is 4.98. The van der Waals surface area contributed by atoms with Gasteiger partial charge in [-0.25, -0.2) is 4.98 Å². The van der Waals surface area contributed by atoms with Crippen LogP contribution in [0.1, 0.15) is 60.1 Å². The van der Waals surface area contributed by atoms with Crippen molar-refractivity contribution in [2.45, 2.75) is 38.5 Å². The van der Waals surface area contributed by atoms with Crippen molar-refractivity contribution >= 4 is 5.91 Å². The highest BCUT2D eigenvalue weighted by molar-refractivity contribution is 5.94. The first-order valence-electron chi connectivity index (χ1n) is 9.66. The maximum atomic E-state index is 13.0. The van der Waals surface area contributed by atoms with Crippen molar-refractivity contribution in [3.05, 3.63) is 59.4 Å². The first kappa shape index (κ1) is 18.4. The molecule has 1 aliphatic rings. The van der Waals surface area contributed by atoms with Crippen molar-refractivity contribution in [2.75, 3.05) is 13.1 Å². The van der Waals surface area contributed by atoms with Crippen LogP contribution >= 0.6 is 0 Å². The van der Waals surface area contributed by atoms with Gasteiger partial charge in [0.05, 0.1) is 11.3 Å². The van der Waals surface area contributed by atoms with E-state index in [1.165, 1.54) is 23.9 Å². The van der Waals surface area contributed by atoms with Crippen molar-refractivity contribution in [1.29, 1.82) is 0 Å². The number of nitrogens with zero attached hydrogens (tertiary/aromatic N) is 3. The Morgan fingerprint density at radius 2 is 2.18 bits per heavy atom. The molecule has 0 aromatic carbocycles. The van der Waals surface area contributed by atoms with Gasteiger partial charge in [-0.15, -0.1) is 0 Å². The molecule has 0 unspecified atom stereocenters. The Morgan fingerprint density at radius 3 is 2.89 bits per heavy atom. The Balaban J connectivity index is 1.48. The molecule has 146 valence electrons. The van der Waals surface area contributed by atoms with Crippen LogP contribution in [0.5, 0.6) is 0 Å². The van der Waals surface area contributed by atoms with Crippen molar-refractivity contribution in [1.82, 2.24) is 25.1 Å². The molecule has 1 fully saturated rings. The van der Waals surface area contributed by atoms with Crippen LogP contribution in [0.2, 0.25) is 0 Å². The number of pyridine rings is 1. The zero-order chi connectivity index (χ0) is 19.7. The van der Waals surface area contributed by atoms with Gasteiger partial charge in [0.2, 0.25) is 5.95 Å². The number of halogens is 1. The van der Waals surface area contributed by atoms with Crippen LogP contribution < -0.4 is 0 Å². The summed E-state index contributed by atoms with van der Waals surface area (Å²) in [7, 11) is 0. The van der Waals surface area contributed by atoms with Gasteiger partial charge in [-0.1, -0.05) is 13.8 Å². The molecule has 28 heavy (non-hydrogen) atoms. The SMILES string of the molecule is CC(C)c1c[nH]c(-c2cc([C@H]3CCCN(C(=O)c4ccc(F)nc4)C3)[nH]n2)c1. The molecule has 7 heteroatoms. The van der Waals surface area contributed by atoms with Crippen molar-refractivity contribution in [2.24, 2.45) is 0 Å². The molecule has 1 aliphatic heterocycles. The van der Waals surface area contributed by atoms with Crippen LogP contribution in [0.15, 0.2) is 36.7 Å². The maximum Gasteiger partial charge on any atom is 0.255 e. The van der Waals surface area contributed by atoms with Crippen LogP contribution in [-0.4, -0.2) is 44.1 Å². The summed E-state index contributed by atoms with van der Waals surface area (Å²) in [5.74, 6) is -0.0277. The number of hydrogen-bond acceptors (Lipinski definition) is 3. The van der Waals surface area contributed by atoms with E-state index in [2.05, 4.69) is 46.1 Å². The standard InChI is InChI=1S/C21H24FN5O/c1-13(2)16-8-18(23-11-16)19-9-17(25-26-19)15-4-3-7-27(12-15)21(28)14-5-6-20(22)24-10-14/h5-6,8-11,13,15,23H,3-4,7,12H2,1-2H3,(H,25,26)/t15-/m0/s1. The average molecular weight is 381 g/mol. The lowest BCUT2D eigenvalue weighted by molar-refractivity contribution is 0.0705. The number of aromatic amines is 2. The zero-order valence-electron chi connectivity index (χ0n) is 16.1. The molecule has 1 saturated heterocycles. The summed E-state index contributed by atoms with van der Waals surface area (Å²) in [5.41, 5.74) is 4.58. The quantitative estimate of drug-likeness (QED) is 0.669. The van der Waals surface area contributed by atoms with E-state index in [1.807, 2.05) is 11.1 Å². The minimum Gasteiger partial charge on any atom is -0.360 e. The first-order valence-corrected chi connectivity index (χ1v) is 9.66. The second-order valence-electron chi connectivity index (χ2n) is 7.67. The summed E-state index contributed by atoms with van der Waals surface area (Å²) in [6.45, 7) is 5.63. The maximum absolute atomic E-state index is 13.0. The van der Waals surface area contributed by atoms with Gasteiger partial charge in [0.25, 0.3) is 5.91 Å². The number of hydrogen-bond donors (Lipinski definition) is 2. The van der Waals surface area contributed by atoms with Gasteiger partial charge in [-0.05, 0) is 48.6 Å². The lowest BCUT2D eigenvalue weighted by Gasteiger charge is -2.32. The van der Waals surface area contributed by atoms with Crippen LogP contribution in [0.3, 0.4) is 0 Å². The molecule has 1 amide bonds. The third kappa shape index (κ3) is 3.69. The fraction of sp³-hybridized carbons (Fsp3) is 0.381. The molecule has 0 radical (unpaired) electrons. The molecule has 6 nitrogen and oxygen atoms in total. The molecule has 1 atom stereocenters. The molecule has 0 saturated carbocycles. The van der Waals surface area contributed by atoms with Crippen LogP contribution in [-0.2, 0) is 0 Å². The Labute approximate surface area is 163 Å². The minimum atomic E-state index is -0.581. The van der Waals surface area contributed by atoms with E-state index in [9.17, 15) is 9.18 Å². The number of nitrogens with one attached hydrogen (secondary N) is 2. The molecule has 0 spiro atoms. The number of piperidine rings is 1. The van der Waals surface area contributed by atoms with E-state index in [0.29, 0.717) is 24.6 Å². The highest BCUT2D eigenvalue weighted by Crippen LogP contribution is 2.29. The summed E-state index contributed by atoms with van der Waals surface area (Å²) in [6, 6.07) is 6.90. The summed E-state index contributed by atoms with van der Waals surface area (Å²) in [6.07, 6.45) is 5.23. The van der Waals surface area contributed by atoms with Crippen LogP contribution in [0.25, 0.3) is 11.4 Å². The molecule has 0 aliphatic carbocycles. The van der Waals surface area contributed by atoms with Crippen molar-refractivity contribution in [3.8, 4) is 11.4 Å². The second kappa shape index (κ2) is 7.58. The normalized spacial score (nSPS) is 17.3. The molecule has 0 bridgehead atoms. The van der Waals surface area contributed by atoms with E-state index in [0.717, 1.165) is 29.9 Å². The number of likely N-dealkylation sites (tertiary alicyclic amines) is 1. The fourth-order valence-electron chi connectivity index (χ4n) is 3.68. The van der Waals surface area contributed by atoms with Crippen LogP contribution in [0.4, 0.5) is 4.39 Å². The third-order valence-electron chi connectivity index (χ3n) is 5.37. The fourth-order valence-corrected chi connectivity index (χ4v) is 3.68. The highest BCUT2D eigenvalue weighted by Gasteiger charge is 2.27. The van der Waals surface area contributed by atoms with Crippen LogP contribution in [0, 0.1) is 5.95 Å². The monoisotopic (exact) mass is 381 g/mol. The van der Waals surface area contributed by atoms with Crippen molar-refractivity contribution < 1.29 is 9.18 Å². The van der Waals surface area contributed by atoms with Gasteiger partial charge in [-0.3, -0.25) is 9.89 Å². The Morgan fingerprint density at radius 1 is 1.32 bits per heavy atom. The van der Waals surface area contributed by atoms with E-state index < -0.39 is 5.95 Å². The van der Waals surface area contributed by atoms with E-state index in [4.69, 9.17) is 0 Å². The molecule has 4 heterocycles. The number of rotatable bonds is 4. The third-order valence-corrected chi connectivity index (χ3v) is 5.37. The smallest absolute Gasteiger partial charge is 0.255 e. The van der Waals surface area contributed by atoms with Gasteiger partial charge < -0.3 is 9.88 Å². The molecule has 2 N–H and O–H groups in total. The molecule has 3 aromatic rings. The number of amides is 1. The molecule has 4 rings (SSSR count). The summed E-state index contributed by atoms with van der Waals surface area (Å²) >= 11 is 0. The minimum absolute atomic E-state index is 0.108. The number of aromatic nitrogens is 4. The zero-order valence-corrected chi connectivity index (χ0v) is 16.1. The highest BCUT2D eigenvalue weighted by atomic mass is 19.1. The lowest BCUT2D eigenvalue weighted by atomic mass is 9.94. The predicted molar refractivity (Wildman–Crippen MR) is 105 cm³/mol. The van der Waals surface area contributed by atoms with Crippen molar-refractivity contribution in [3.63, 3.8) is 0 Å². The summed E-state index contributed by atoms with van der Waals surface area (Å²) < 4.78 is 13.0. The first-order chi connectivity index (χ1) is 13.5. The van der Waals surface area contributed by atoms with E-state index >= 15 is 0 Å². The molecule has 3 aromatic heterocycles.